The van der Waals surface area contributed by atoms with Crippen molar-refractivity contribution in [3.63, 3.8) is 0 Å². The molecule has 6 heteroatoms. The number of methoxy groups -OCH3 is 1. The van der Waals surface area contributed by atoms with Crippen molar-refractivity contribution in [1.82, 2.24) is 5.32 Å². The van der Waals surface area contributed by atoms with Gasteiger partial charge < -0.3 is 14.8 Å². The molecule has 0 saturated heterocycles. The normalized spacial score (nSPS) is 25.1. The summed E-state index contributed by atoms with van der Waals surface area (Å²) in [6, 6.07) is 5.17. The van der Waals surface area contributed by atoms with Gasteiger partial charge in [0.1, 0.15) is 18.0 Å². The Bertz CT molecular complexity index is 492. The lowest BCUT2D eigenvalue weighted by Gasteiger charge is -2.43. The fraction of sp³-hybridized carbons (Fsp3) is 0.571. The Morgan fingerprint density at radius 1 is 1.50 bits per heavy atom. The van der Waals surface area contributed by atoms with Gasteiger partial charge in [-0.3, -0.25) is 10.1 Å². The van der Waals surface area contributed by atoms with Crippen molar-refractivity contribution >= 4 is 5.69 Å². The molecule has 1 N–H and O–H groups in total. The van der Waals surface area contributed by atoms with E-state index >= 15 is 0 Å². The van der Waals surface area contributed by atoms with E-state index < -0.39 is 4.92 Å². The van der Waals surface area contributed by atoms with Crippen LogP contribution in [0.1, 0.15) is 18.9 Å². The number of rotatable bonds is 6. The summed E-state index contributed by atoms with van der Waals surface area (Å²) in [4.78, 5) is 10.5. The molecule has 0 aromatic heterocycles. The van der Waals surface area contributed by atoms with Gasteiger partial charge in [0.05, 0.1) is 10.5 Å². The number of ether oxygens (including phenoxy) is 2. The number of nitrogens with one attached hydrogen (secondary N) is 1. The molecule has 3 unspecified atom stereocenters. The molecule has 1 aliphatic rings. The minimum absolute atomic E-state index is 0.0198. The number of nitrogens with zero attached hydrogens (tertiary/aromatic N) is 1. The molecule has 0 bridgehead atoms. The van der Waals surface area contributed by atoms with Gasteiger partial charge in [-0.25, -0.2) is 0 Å². The molecule has 2 rings (SSSR count). The number of hydrogen-bond acceptors (Lipinski definition) is 5. The fourth-order valence-corrected chi connectivity index (χ4v) is 2.57. The van der Waals surface area contributed by atoms with Gasteiger partial charge in [0.25, 0.3) is 5.69 Å². The summed E-state index contributed by atoms with van der Waals surface area (Å²) in [6.45, 7) is 4.63. The molecular formula is C14H20N2O4. The predicted octanol–water partition coefficient (Wildman–Crippen LogP) is 2.05. The maximum absolute atomic E-state index is 10.9. The zero-order chi connectivity index (χ0) is 14.7. The second-order valence-electron chi connectivity index (χ2n) is 4.91. The van der Waals surface area contributed by atoms with Crippen molar-refractivity contribution in [3.8, 4) is 5.75 Å². The van der Waals surface area contributed by atoms with Crippen molar-refractivity contribution in [2.45, 2.75) is 38.5 Å². The monoisotopic (exact) mass is 280 g/mol. The van der Waals surface area contributed by atoms with Crippen molar-refractivity contribution in [2.75, 3.05) is 13.7 Å². The summed E-state index contributed by atoms with van der Waals surface area (Å²) in [5.41, 5.74) is 0.637. The van der Waals surface area contributed by atoms with Gasteiger partial charge >= 0.3 is 0 Å². The number of benzene rings is 1. The van der Waals surface area contributed by atoms with E-state index in [0.29, 0.717) is 11.3 Å². The first-order valence-corrected chi connectivity index (χ1v) is 6.75. The van der Waals surface area contributed by atoms with Crippen molar-refractivity contribution in [3.05, 3.63) is 33.9 Å². The highest BCUT2D eigenvalue weighted by molar-refractivity contribution is 5.48. The third-order valence-corrected chi connectivity index (χ3v) is 3.72. The third kappa shape index (κ3) is 2.76. The molecule has 0 radical (unpaired) electrons. The van der Waals surface area contributed by atoms with Crippen LogP contribution in [0.2, 0.25) is 0 Å². The van der Waals surface area contributed by atoms with E-state index in [9.17, 15) is 10.1 Å². The van der Waals surface area contributed by atoms with E-state index in [-0.39, 0.29) is 23.9 Å². The molecule has 20 heavy (non-hydrogen) atoms. The SMILES string of the molecule is CCNC1CC(Oc2cccc([N+](=O)[O-])c2C)C1OC. The Labute approximate surface area is 118 Å². The molecule has 0 amide bonds. The van der Waals surface area contributed by atoms with Gasteiger partial charge in [-0.1, -0.05) is 13.0 Å². The van der Waals surface area contributed by atoms with Crippen LogP contribution in [0, 0.1) is 17.0 Å². The smallest absolute Gasteiger partial charge is 0.276 e. The standard InChI is InChI=1S/C14H20N2O4/c1-4-15-10-8-13(14(10)19-3)20-12-7-5-6-11(9(12)2)16(17)18/h5-7,10,13-15H,4,8H2,1-3H3. The topological polar surface area (TPSA) is 73.6 Å². The molecule has 3 atom stereocenters. The molecule has 0 heterocycles. The van der Waals surface area contributed by atoms with E-state index in [1.807, 2.05) is 6.92 Å². The second kappa shape index (κ2) is 6.19. The fourth-order valence-electron chi connectivity index (χ4n) is 2.57. The molecule has 6 nitrogen and oxygen atoms in total. The lowest BCUT2D eigenvalue weighted by atomic mass is 9.85. The average molecular weight is 280 g/mol. The van der Waals surface area contributed by atoms with Crippen LogP contribution >= 0.6 is 0 Å². The lowest BCUT2D eigenvalue weighted by molar-refractivity contribution is -0.385. The number of hydrogen-bond donors (Lipinski definition) is 1. The highest BCUT2D eigenvalue weighted by Gasteiger charge is 2.43. The van der Waals surface area contributed by atoms with E-state index in [4.69, 9.17) is 9.47 Å². The van der Waals surface area contributed by atoms with Gasteiger partial charge in [-0.2, -0.15) is 0 Å². The summed E-state index contributed by atoms with van der Waals surface area (Å²) >= 11 is 0. The highest BCUT2D eigenvalue weighted by Crippen LogP contribution is 2.33. The Kier molecular flexibility index (Phi) is 4.57. The zero-order valence-electron chi connectivity index (χ0n) is 12.0. The minimum atomic E-state index is -0.391. The molecule has 1 aromatic carbocycles. The van der Waals surface area contributed by atoms with Crippen LogP contribution < -0.4 is 10.1 Å². The van der Waals surface area contributed by atoms with Crippen molar-refractivity contribution < 1.29 is 14.4 Å². The number of nitro benzene ring substituents is 1. The molecule has 1 fully saturated rings. The highest BCUT2D eigenvalue weighted by atomic mass is 16.6. The van der Waals surface area contributed by atoms with Gasteiger partial charge in [-0.05, 0) is 19.5 Å². The summed E-state index contributed by atoms with van der Waals surface area (Å²) in [5, 5.41) is 14.2. The maximum Gasteiger partial charge on any atom is 0.276 e. The quantitative estimate of drug-likeness (QED) is 0.637. The first-order valence-electron chi connectivity index (χ1n) is 6.75. The Hall–Kier alpha value is -1.66. The van der Waals surface area contributed by atoms with E-state index in [0.717, 1.165) is 13.0 Å². The maximum atomic E-state index is 10.9. The Morgan fingerprint density at radius 3 is 2.85 bits per heavy atom. The lowest BCUT2D eigenvalue weighted by Crippen LogP contribution is -2.60. The van der Waals surface area contributed by atoms with Gasteiger partial charge in [-0.15, -0.1) is 0 Å². The number of likely N-dealkylation sites (N-methyl/N-ethyl adjacent to an activating group) is 1. The van der Waals surface area contributed by atoms with Crippen LogP contribution in [0.3, 0.4) is 0 Å². The van der Waals surface area contributed by atoms with Gasteiger partial charge in [0, 0.05) is 25.6 Å². The summed E-state index contributed by atoms with van der Waals surface area (Å²) in [7, 11) is 1.66. The van der Waals surface area contributed by atoms with Crippen LogP contribution in [-0.2, 0) is 4.74 Å². The summed E-state index contributed by atoms with van der Waals surface area (Å²) < 4.78 is 11.3. The molecule has 1 saturated carbocycles. The van der Waals surface area contributed by atoms with Crippen LogP contribution in [0.25, 0.3) is 0 Å². The van der Waals surface area contributed by atoms with Crippen LogP contribution in [0.4, 0.5) is 5.69 Å². The molecular weight excluding hydrogens is 260 g/mol. The Morgan fingerprint density at radius 2 is 2.25 bits per heavy atom. The van der Waals surface area contributed by atoms with Gasteiger partial charge in [0.2, 0.25) is 0 Å². The van der Waals surface area contributed by atoms with Crippen LogP contribution in [0.5, 0.6) is 5.75 Å². The minimum Gasteiger partial charge on any atom is -0.487 e. The first kappa shape index (κ1) is 14.7. The Balaban J connectivity index is 2.08. The van der Waals surface area contributed by atoms with Gasteiger partial charge in [0.15, 0.2) is 0 Å². The van der Waals surface area contributed by atoms with Crippen LogP contribution in [0.15, 0.2) is 18.2 Å². The predicted molar refractivity (Wildman–Crippen MR) is 75.1 cm³/mol. The van der Waals surface area contributed by atoms with E-state index in [1.165, 1.54) is 6.07 Å². The van der Waals surface area contributed by atoms with Crippen LogP contribution in [-0.4, -0.2) is 36.8 Å². The molecule has 1 aromatic rings. The second-order valence-corrected chi connectivity index (χ2v) is 4.91. The first-order chi connectivity index (χ1) is 9.58. The zero-order valence-corrected chi connectivity index (χ0v) is 12.0. The molecule has 0 spiro atoms. The molecule has 0 aliphatic heterocycles. The molecule has 1 aliphatic carbocycles. The summed E-state index contributed by atoms with van der Waals surface area (Å²) in [6.07, 6.45) is 0.757. The molecule has 110 valence electrons. The van der Waals surface area contributed by atoms with Crippen molar-refractivity contribution in [2.24, 2.45) is 0 Å². The largest absolute Gasteiger partial charge is 0.487 e. The number of nitro groups is 1. The summed E-state index contributed by atoms with van der Waals surface area (Å²) in [5.74, 6) is 0.557. The van der Waals surface area contributed by atoms with E-state index in [1.54, 1.807) is 26.2 Å². The third-order valence-electron chi connectivity index (χ3n) is 3.72. The van der Waals surface area contributed by atoms with Crippen molar-refractivity contribution in [1.29, 1.82) is 0 Å². The average Bonchev–Trinajstić information content (AvgIpc) is 2.39. The van der Waals surface area contributed by atoms with E-state index in [2.05, 4.69) is 5.32 Å².